The Labute approximate surface area is 129 Å². The molecule has 2 aliphatic rings. The number of aliphatic hydroxyl groups is 1. The molecule has 4 nitrogen and oxygen atoms in total. The third kappa shape index (κ3) is 3.07. The lowest BCUT2D eigenvalue weighted by molar-refractivity contribution is -0.147. The molecule has 4 atom stereocenters. The van der Waals surface area contributed by atoms with Gasteiger partial charge in [0.1, 0.15) is 0 Å². The molecule has 3 rings (SSSR count). The summed E-state index contributed by atoms with van der Waals surface area (Å²) >= 11 is 6.01. The van der Waals surface area contributed by atoms with Crippen LogP contribution in [0, 0.1) is 5.92 Å². The van der Waals surface area contributed by atoms with Gasteiger partial charge in [0.25, 0.3) is 0 Å². The Kier molecular flexibility index (Phi) is 4.20. The van der Waals surface area contributed by atoms with Gasteiger partial charge in [-0.15, -0.1) is 0 Å². The molecule has 21 heavy (non-hydrogen) atoms. The van der Waals surface area contributed by atoms with Crippen LogP contribution in [-0.2, 0) is 9.53 Å². The van der Waals surface area contributed by atoms with Crippen LogP contribution in [0.5, 0.6) is 0 Å². The van der Waals surface area contributed by atoms with Gasteiger partial charge in [0.15, 0.2) is 0 Å². The number of benzene rings is 1. The van der Waals surface area contributed by atoms with Crippen LogP contribution in [0.2, 0.25) is 5.02 Å². The van der Waals surface area contributed by atoms with Crippen molar-refractivity contribution < 1.29 is 14.6 Å². The van der Waals surface area contributed by atoms with E-state index in [2.05, 4.69) is 0 Å². The maximum atomic E-state index is 12.7. The van der Waals surface area contributed by atoms with Gasteiger partial charge < -0.3 is 14.7 Å². The normalized spacial score (nSPS) is 32.0. The minimum Gasteiger partial charge on any atom is -0.394 e. The lowest BCUT2D eigenvalue weighted by Crippen LogP contribution is -2.52. The van der Waals surface area contributed by atoms with Crippen LogP contribution in [0.15, 0.2) is 24.3 Å². The van der Waals surface area contributed by atoms with Gasteiger partial charge in [0.2, 0.25) is 5.91 Å². The highest BCUT2D eigenvalue weighted by atomic mass is 35.5. The first-order valence-electron chi connectivity index (χ1n) is 7.38. The van der Waals surface area contributed by atoms with Gasteiger partial charge in [-0.25, -0.2) is 0 Å². The van der Waals surface area contributed by atoms with Gasteiger partial charge >= 0.3 is 0 Å². The van der Waals surface area contributed by atoms with Crippen molar-refractivity contribution >= 4 is 17.5 Å². The lowest BCUT2D eigenvalue weighted by atomic mass is 10.1. The zero-order valence-corrected chi connectivity index (χ0v) is 12.8. The molecule has 1 aliphatic carbocycles. The number of hydrogen-bond acceptors (Lipinski definition) is 3. The van der Waals surface area contributed by atoms with E-state index in [4.69, 9.17) is 16.3 Å². The SMILES string of the molecule is CC1COC(CO)CN1C(=O)C1CC1c1cccc(Cl)c1. The van der Waals surface area contributed by atoms with E-state index >= 15 is 0 Å². The first-order chi connectivity index (χ1) is 10.1. The van der Waals surface area contributed by atoms with Crippen molar-refractivity contribution in [1.29, 1.82) is 0 Å². The fourth-order valence-electron chi connectivity index (χ4n) is 3.02. The molecular weight excluding hydrogens is 290 g/mol. The summed E-state index contributed by atoms with van der Waals surface area (Å²) in [5.41, 5.74) is 1.14. The number of rotatable bonds is 3. The molecule has 2 fully saturated rings. The van der Waals surface area contributed by atoms with Crippen molar-refractivity contribution in [2.24, 2.45) is 5.92 Å². The fraction of sp³-hybridized carbons (Fsp3) is 0.562. The first kappa shape index (κ1) is 14.8. The number of carbonyl (C=O) groups excluding carboxylic acids is 1. The molecule has 0 radical (unpaired) electrons. The molecule has 0 spiro atoms. The summed E-state index contributed by atoms with van der Waals surface area (Å²) < 4.78 is 5.49. The maximum Gasteiger partial charge on any atom is 0.226 e. The molecule has 4 unspecified atom stereocenters. The maximum absolute atomic E-state index is 12.7. The summed E-state index contributed by atoms with van der Waals surface area (Å²) in [5.74, 6) is 0.497. The van der Waals surface area contributed by atoms with Gasteiger partial charge in [-0.1, -0.05) is 23.7 Å². The van der Waals surface area contributed by atoms with E-state index in [-0.39, 0.29) is 36.5 Å². The highest BCUT2D eigenvalue weighted by Gasteiger charge is 2.47. The van der Waals surface area contributed by atoms with Gasteiger partial charge in [0, 0.05) is 17.5 Å². The molecule has 1 saturated carbocycles. The second-order valence-corrected chi connectivity index (χ2v) is 6.42. The molecule has 5 heteroatoms. The van der Waals surface area contributed by atoms with Crippen molar-refractivity contribution in [3.8, 4) is 0 Å². The number of hydrogen-bond donors (Lipinski definition) is 1. The van der Waals surface area contributed by atoms with E-state index in [9.17, 15) is 9.90 Å². The largest absolute Gasteiger partial charge is 0.394 e. The smallest absolute Gasteiger partial charge is 0.226 e. The second kappa shape index (κ2) is 5.95. The number of ether oxygens (including phenoxy) is 1. The van der Waals surface area contributed by atoms with Crippen LogP contribution in [0.3, 0.4) is 0 Å². The minimum absolute atomic E-state index is 0.0428. The molecule has 1 aromatic carbocycles. The summed E-state index contributed by atoms with van der Waals surface area (Å²) in [6.07, 6.45) is 0.626. The molecule has 1 aliphatic heterocycles. The van der Waals surface area contributed by atoms with Gasteiger partial charge in [-0.05, 0) is 37.0 Å². The molecular formula is C16H20ClNO3. The van der Waals surface area contributed by atoms with E-state index in [1.54, 1.807) is 0 Å². The number of morpholine rings is 1. The van der Waals surface area contributed by atoms with Crippen LogP contribution in [0.1, 0.15) is 24.8 Å². The summed E-state index contributed by atoms with van der Waals surface area (Å²) in [6.45, 7) is 2.92. The Morgan fingerprint density at radius 2 is 2.33 bits per heavy atom. The average Bonchev–Trinajstić information content (AvgIpc) is 3.27. The molecule has 0 aromatic heterocycles. The summed E-state index contributed by atoms with van der Waals surface area (Å²) in [7, 11) is 0. The van der Waals surface area contributed by atoms with Crippen LogP contribution in [-0.4, -0.2) is 47.8 Å². The second-order valence-electron chi connectivity index (χ2n) is 5.98. The average molecular weight is 310 g/mol. The fourth-order valence-corrected chi connectivity index (χ4v) is 3.22. The Bertz CT molecular complexity index is 536. The third-order valence-corrected chi connectivity index (χ3v) is 4.61. The predicted molar refractivity (Wildman–Crippen MR) is 80.3 cm³/mol. The number of amides is 1. The zero-order valence-electron chi connectivity index (χ0n) is 12.0. The summed E-state index contributed by atoms with van der Waals surface area (Å²) in [6, 6.07) is 7.82. The third-order valence-electron chi connectivity index (χ3n) is 4.38. The highest BCUT2D eigenvalue weighted by molar-refractivity contribution is 6.30. The monoisotopic (exact) mass is 309 g/mol. The standard InChI is InChI=1S/C16H20ClNO3/c1-10-9-21-13(8-19)7-18(10)16(20)15-6-14(15)11-3-2-4-12(17)5-11/h2-5,10,13-15,19H,6-9H2,1H3. The van der Waals surface area contributed by atoms with Crippen molar-refractivity contribution in [3.63, 3.8) is 0 Å². The van der Waals surface area contributed by atoms with Gasteiger partial charge in [-0.3, -0.25) is 4.79 Å². The van der Waals surface area contributed by atoms with E-state index in [0.29, 0.717) is 18.2 Å². The summed E-state index contributed by atoms with van der Waals surface area (Å²) in [5, 5.41) is 9.93. The van der Waals surface area contributed by atoms with Crippen molar-refractivity contribution in [3.05, 3.63) is 34.9 Å². The van der Waals surface area contributed by atoms with E-state index in [1.807, 2.05) is 36.1 Å². The predicted octanol–water partition coefficient (Wildman–Crippen LogP) is 2.05. The van der Waals surface area contributed by atoms with E-state index in [0.717, 1.165) is 12.0 Å². The van der Waals surface area contributed by atoms with Crippen LogP contribution in [0.25, 0.3) is 0 Å². The van der Waals surface area contributed by atoms with E-state index in [1.165, 1.54) is 0 Å². The topological polar surface area (TPSA) is 49.8 Å². The Balaban J connectivity index is 1.67. The molecule has 0 bridgehead atoms. The van der Waals surface area contributed by atoms with Crippen molar-refractivity contribution in [2.45, 2.75) is 31.4 Å². The number of nitrogens with zero attached hydrogens (tertiary/aromatic N) is 1. The van der Waals surface area contributed by atoms with Crippen LogP contribution >= 0.6 is 11.6 Å². The quantitative estimate of drug-likeness (QED) is 0.929. The van der Waals surface area contributed by atoms with E-state index < -0.39 is 0 Å². The Hall–Kier alpha value is -1.10. The Morgan fingerprint density at radius 3 is 3.05 bits per heavy atom. The van der Waals surface area contributed by atoms with Crippen LogP contribution in [0.4, 0.5) is 0 Å². The minimum atomic E-state index is -0.256. The molecule has 1 saturated heterocycles. The zero-order chi connectivity index (χ0) is 15.0. The molecule has 1 heterocycles. The number of halogens is 1. The Morgan fingerprint density at radius 1 is 1.52 bits per heavy atom. The number of aliphatic hydroxyl groups excluding tert-OH is 1. The number of carbonyl (C=O) groups is 1. The van der Waals surface area contributed by atoms with Crippen molar-refractivity contribution in [1.82, 2.24) is 4.90 Å². The molecule has 114 valence electrons. The van der Waals surface area contributed by atoms with Gasteiger partial charge in [-0.2, -0.15) is 0 Å². The first-order valence-corrected chi connectivity index (χ1v) is 7.76. The van der Waals surface area contributed by atoms with Gasteiger partial charge in [0.05, 0.1) is 25.4 Å². The lowest BCUT2D eigenvalue weighted by Gasteiger charge is -2.37. The molecule has 1 amide bonds. The summed E-state index contributed by atoms with van der Waals surface area (Å²) in [4.78, 5) is 14.5. The molecule has 1 aromatic rings. The highest BCUT2D eigenvalue weighted by Crippen LogP contribution is 2.49. The van der Waals surface area contributed by atoms with Crippen LogP contribution < -0.4 is 0 Å². The molecule has 1 N–H and O–H groups in total. The van der Waals surface area contributed by atoms with Crippen molar-refractivity contribution in [2.75, 3.05) is 19.8 Å².